The number of benzene rings is 1. The van der Waals surface area contributed by atoms with Crippen LogP contribution in [-0.4, -0.2) is 32.3 Å². The Labute approximate surface area is 173 Å². The van der Waals surface area contributed by atoms with Crippen LogP contribution in [0.15, 0.2) is 29.1 Å². The van der Waals surface area contributed by atoms with Crippen LogP contribution in [0.25, 0.3) is 21.3 Å². The third kappa shape index (κ3) is 4.25. The number of hydrogen-bond acceptors (Lipinski definition) is 5. The van der Waals surface area contributed by atoms with Gasteiger partial charge in [-0.25, -0.2) is 4.98 Å². The maximum absolute atomic E-state index is 12.8. The first kappa shape index (κ1) is 20.0. The second-order valence-electron chi connectivity index (χ2n) is 6.32. The van der Waals surface area contributed by atoms with E-state index in [1.165, 1.54) is 5.56 Å². The number of thiocarbonyl (C=S) groups is 1. The number of fused-ring (bicyclic) bond motifs is 1. The molecular weight excluding hydrogens is 394 g/mol. The van der Waals surface area contributed by atoms with E-state index < -0.39 is 0 Å². The molecule has 27 heavy (non-hydrogen) atoms. The molecular formula is C20H23N3OS3. The minimum Gasteiger partial charge on any atom is -0.358 e. The number of rotatable bonds is 5. The number of nitrogens with one attached hydrogen (secondary N) is 1. The summed E-state index contributed by atoms with van der Waals surface area (Å²) in [5, 5.41) is 0.682. The van der Waals surface area contributed by atoms with Crippen LogP contribution in [0.2, 0.25) is 0 Å². The summed E-state index contributed by atoms with van der Waals surface area (Å²) in [7, 11) is 0. The molecule has 142 valence electrons. The van der Waals surface area contributed by atoms with Gasteiger partial charge in [0.25, 0.3) is 5.56 Å². The van der Waals surface area contributed by atoms with Crippen LogP contribution >= 0.6 is 35.3 Å². The van der Waals surface area contributed by atoms with Gasteiger partial charge in [-0.15, -0.1) is 11.3 Å². The van der Waals surface area contributed by atoms with E-state index in [-0.39, 0.29) is 5.56 Å². The second kappa shape index (κ2) is 8.54. The lowest BCUT2D eigenvalue weighted by atomic mass is 10.0. The fraction of sp³-hybridized carbons (Fsp3) is 0.350. The van der Waals surface area contributed by atoms with Gasteiger partial charge in [-0.2, -0.15) is 0 Å². The monoisotopic (exact) mass is 417 g/mol. The highest BCUT2D eigenvalue weighted by molar-refractivity contribution is 8.22. The normalized spacial score (nSPS) is 11.1. The lowest BCUT2D eigenvalue weighted by Crippen LogP contribution is -2.26. The molecule has 1 aromatic carbocycles. The van der Waals surface area contributed by atoms with Crippen LogP contribution in [0.4, 0.5) is 0 Å². The van der Waals surface area contributed by atoms with Crippen molar-refractivity contribution in [3.63, 3.8) is 0 Å². The first-order valence-electron chi connectivity index (χ1n) is 8.95. The van der Waals surface area contributed by atoms with Crippen molar-refractivity contribution in [3.05, 3.63) is 50.9 Å². The zero-order chi connectivity index (χ0) is 19.6. The quantitative estimate of drug-likeness (QED) is 0.583. The predicted octanol–water partition coefficient (Wildman–Crippen LogP) is 5.13. The number of hydrogen-bond donors (Lipinski definition) is 1. The van der Waals surface area contributed by atoms with Crippen molar-refractivity contribution in [2.75, 3.05) is 13.1 Å². The van der Waals surface area contributed by atoms with Crippen molar-refractivity contribution in [2.45, 2.75) is 33.4 Å². The fourth-order valence-corrected chi connectivity index (χ4v) is 5.34. The lowest BCUT2D eigenvalue weighted by Gasteiger charge is -2.20. The average molecular weight is 418 g/mol. The molecule has 3 aromatic rings. The molecule has 0 radical (unpaired) electrons. The summed E-state index contributed by atoms with van der Waals surface area (Å²) >= 11 is 8.59. The molecule has 0 amide bonds. The molecule has 7 heteroatoms. The molecule has 0 atom stereocenters. The van der Waals surface area contributed by atoms with E-state index in [1.807, 2.05) is 6.92 Å². The second-order valence-corrected chi connectivity index (χ2v) is 9.13. The molecule has 0 unspecified atom stereocenters. The molecule has 2 aromatic heterocycles. The molecule has 0 aliphatic heterocycles. The van der Waals surface area contributed by atoms with Crippen LogP contribution in [0, 0.1) is 13.8 Å². The molecule has 0 aliphatic rings. The number of aromatic nitrogens is 2. The first-order chi connectivity index (χ1) is 12.9. The van der Waals surface area contributed by atoms with Gasteiger partial charge in [0.1, 0.15) is 15.0 Å². The van der Waals surface area contributed by atoms with Crippen LogP contribution in [-0.2, 0) is 5.75 Å². The number of aromatic amines is 1. The summed E-state index contributed by atoms with van der Waals surface area (Å²) in [6, 6.07) is 8.27. The molecule has 0 spiro atoms. The SMILES string of the molecule is CCN(CC)C(=S)SCc1nc2sc(C)c(-c3ccc(C)cc3)c2c(=O)[nH]1. The van der Waals surface area contributed by atoms with Gasteiger partial charge < -0.3 is 9.88 Å². The van der Waals surface area contributed by atoms with Crippen LogP contribution < -0.4 is 5.56 Å². The van der Waals surface area contributed by atoms with E-state index in [4.69, 9.17) is 17.2 Å². The Hall–Kier alpha value is -1.70. The molecule has 0 bridgehead atoms. The Morgan fingerprint density at radius 3 is 2.52 bits per heavy atom. The van der Waals surface area contributed by atoms with Gasteiger partial charge in [0.2, 0.25) is 0 Å². The molecule has 0 saturated heterocycles. The van der Waals surface area contributed by atoms with Crippen LogP contribution in [0.3, 0.4) is 0 Å². The minimum absolute atomic E-state index is 0.0794. The van der Waals surface area contributed by atoms with Crippen molar-refractivity contribution in [3.8, 4) is 11.1 Å². The molecule has 0 saturated carbocycles. The summed E-state index contributed by atoms with van der Waals surface area (Å²) in [5.41, 5.74) is 3.17. The van der Waals surface area contributed by atoms with Crippen molar-refractivity contribution in [1.29, 1.82) is 0 Å². The zero-order valence-electron chi connectivity index (χ0n) is 16.0. The third-order valence-electron chi connectivity index (χ3n) is 4.48. The van der Waals surface area contributed by atoms with Crippen molar-refractivity contribution in [1.82, 2.24) is 14.9 Å². The molecule has 3 rings (SSSR count). The van der Waals surface area contributed by atoms with Crippen LogP contribution in [0.1, 0.15) is 30.1 Å². The maximum atomic E-state index is 12.8. The number of thioether (sulfide) groups is 1. The van der Waals surface area contributed by atoms with Gasteiger partial charge in [0, 0.05) is 23.5 Å². The molecule has 1 N–H and O–H groups in total. The van der Waals surface area contributed by atoms with Gasteiger partial charge in [-0.3, -0.25) is 4.79 Å². The summed E-state index contributed by atoms with van der Waals surface area (Å²) in [5.74, 6) is 1.24. The van der Waals surface area contributed by atoms with Gasteiger partial charge >= 0.3 is 0 Å². The number of aryl methyl sites for hydroxylation is 2. The van der Waals surface area contributed by atoms with Gasteiger partial charge in [-0.1, -0.05) is 53.8 Å². The van der Waals surface area contributed by atoms with Crippen molar-refractivity contribution in [2.24, 2.45) is 0 Å². The van der Waals surface area contributed by atoms with E-state index >= 15 is 0 Å². The van der Waals surface area contributed by atoms with Crippen molar-refractivity contribution < 1.29 is 0 Å². The summed E-state index contributed by atoms with van der Waals surface area (Å²) < 4.78 is 0.838. The van der Waals surface area contributed by atoms with Crippen LogP contribution in [0.5, 0.6) is 0 Å². The standard InChI is InChI=1S/C20H23N3OS3/c1-5-23(6-2)20(25)26-11-15-21-18(24)17-16(13(4)27-19(17)22-15)14-9-7-12(3)8-10-14/h7-10H,5-6,11H2,1-4H3,(H,21,22,24). The fourth-order valence-electron chi connectivity index (χ4n) is 3.00. The minimum atomic E-state index is -0.0794. The van der Waals surface area contributed by atoms with E-state index in [0.717, 1.165) is 38.2 Å². The number of thiophene rings is 1. The Morgan fingerprint density at radius 1 is 1.22 bits per heavy atom. The maximum Gasteiger partial charge on any atom is 0.260 e. The lowest BCUT2D eigenvalue weighted by molar-refractivity contribution is 0.482. The summed E-state index contributed by atoms with van der Waals surface area (Å²) in [4.78, 5) is 24.5. The first-order valence-corrected chi connectivity index (χ1v) is 11.2. The number of H-pyrrole nitrogens is 1. The largest absolute Gasteiger partial charge is 0.358 e. The predicted molar refractivity (Wildman–Crippen MR) is 122 cm³/mol. The Balaban J connectivity index is 1.93. The summed E-state index contributed by atoms with van der Waals surface area (Å²) in [6.45, 7) is 10.0. The third-order valence-corrected chi connectivity index (χ3v) is 7.02. The Kier molecular flexibility index (Phi) is 6.34. The molecule has 2 heterocycles. The highest BCUT2D eigenvalue weighted by Gasteiger charge is 2.17. The van der Waals surface area contributed by atoms with Crippen molar-refractivity contribution >= 4 is 49.9 Å². The smallest absolute Gasteiger partial charge is 0.260 e. The zero-order valence-corrected chi connectivity index (χ0v) is 18.4. The van der Waals surface area contributed by atoms with E-state index in [1.54, 1.807) is 23.1 Å². The molecule has 4 nitrogen and oxygen atoms in total. The molecule has 0 aliphatic carbocycles. The Morgan fingerprint density at radius 2 is 1.89 bits per heavy atom. The number of nitrogens with zero attached hydrogens (tertiary/aromatic N) is 2. The summed E-state index contributed by atoms with van der Waals surface area (Å²) in [6.07, 6.45) is 0. The van der Waals surface area contributed by atoms with Gasteiger partial charge in [-0.05, 0) is 33.3 Å². The van der Waals surface area contributed by atoms with Gasteiger partial charge in [0.05, 0.1) is 11.1 Å². The topological polar surface area (TPSA) is 49.0 Å². The highest BCUT2D eigenvalue weighted by Crippen LogP contribution is 2.35. The van der Waals surface area contributed by atoms with E-state index in [2.05, 4.69) is 54.9 Å². The highest BCUT2D eigenvalue weighted by atomic mass is 32.2. The molecule has 0 fully saturated rings. The van der Waals surface area contributed by atoms with E-state index in [9.17, 15) is 4.79 Å². The average Bonchev–Trinajstić information content (AvgIpc) is 2.98. The Bertz CT molecular complexity index is 1020. The van der Waals surface area contributed by atoms with E-state index in [0.29, 0.717) is 17.0 Å². The van der Waals surface area contributed by atoms with Gasteiger partial charge in [0.15, 0.2) is 0 Å².